The number of hydrogen-bond acceptors (Lipinski definition) is 1. The summed E-state index contributed by atoms with van der Waals surface area (Å²) < 4.78 is 47.9. The highest BCUT2D eigenvalue weighted by atomic mass is 19.1. The Morgan fingerprint density at radius 3 is 1.97 bits per heavy atom. The first kappa shape index (κ1) is 22.1. The van der Waals surface area contributed by atoms with Crippen LogP contribution in [-0.2, 0) is 0 Å². The van der Waals surface area contributed by atoms with Crippen molar-refractivity contribution in [1.82, 2.24) is 0 Å². The minimum atomic E-state index is -0.780. The van der Waals surface area contributed by atoms with Crippen LogP contribution in [0.3, 0.4) is 0 Å². The van der Waals surface area contributed by atoms with Crippen LogP contribution in [0.5, 0.6) is 5.75 Å². The fourth-order valence-corrected chi connectivity index (χ4v) is 3.19. The van der Waals surface area contributed by atoms with E-state index in [1.807, 2.05) is 19.1 Å². The number of fused-ring (bicyclic) bond motifs is 1. The summed E-state index contributed by atoms with van der Waals surface area (Å²) in [5.74, 6) is 9.88. The summed E-state index contributed by atoms with van der Waals surface area (Å²) in [5.41, 5.74) is 1.18. The van der Waals surface area contributed by atoms with Gasteiger partial charge in [-0.2, -0.15) is 0 Å². The third kappa shape index (κ3) is 5.56. The minimum absolute atomic E-state index is 0.217. The average molecular weight is 440 g/mol. The molecule has 0 saturated heterocycles. The van der Waals surface area contributed by atoms with E-state index < -0.39 is 11.6 Å². The normalized spacial score (nSPS) is 10.2. The van der Waals surface area contributed by atoms with E-state index in [0.29, 0.717) is 17.7 Å². The van der Waals surface area contributed by atoms with Crippen molar-refractivity contribution < 1.29 is 17.9 Å². The fourth-order valence-electron chi connectivity index (χ4n) is 3.19. The molecule has 0 spiro atoms. The van der Waals surface area contributed by atoms with Crippen LogP contribution < -0.4 is 4.74 Å². The van der Waals surface area contributed by atoms with Crippen molar-refractivity contribution in [2.75, 3.05) is 6.61 Å². The zero-order chi connectivity index (χ0) is 23.2. The SMILES string of the molecule is CCCOc1ccc(C#Cc2cc(F)c(C#Cc3ccc4cc(F)ccc4c3)c(F)c2)cc1. The van der Waals surface area contributed by atoms with Crippen LogP contribution in [0.15, 0.2) is 72.8 Å². The Balaban J connectivity index is 1.54. The van der Waals surface area contributed by atoms with E-state index in [2.05, 4.69) is 23.7 Å². The maximum atomic E-state index is 14.5. The van der Waals surface area contributed by atoms with Crippen LogP contribution in [0.1, 0.15) is 35.6 Å². The maximum Gasteiger partial charge on any atom is 0.143 e. The molecule has 4 rings (SSSR count). The van der Waals surface area contributed by atoms with E-state index in [1.165, 1.54) is 24.3 Å². The molecular weight excluding hydrogens is 421 g/mol. The molecule has 4 aromatic rings. The monoisotopic (exact) mass is 440 g/mol. The highest BCUT2D eigenvalue weighted by Crippen LogP contribution is 2.18. The first-order valence-corrected chi connectivity index (χ1v) is 10.5. The standard InChI is InChI=1S/C29H19F3O/c1-2-15-33-26-12-6-20(7-13-26)3-4-22-17-28(31)27(29(32)18-22)14-8-21-5-9-24-19-25(30)11-10-23(24)16-21/h5-7,9-13,16-19H,2,15H2,1H3. The fraction of sp³-hybridized carbons (Fsp3) is 0.103. The lowest BCUT2D eigenvalue weighted by Crippen LogP contribution is -1.94. The number of halogens is 3. The minimum Gasteiger partial charge on any atom is -0.494 e. The smallest absolute Gasteiger partial charge is 0.143 e. The Bertz CT molecular complexity index is 1410. The quantitative estimate of drug-likeness (QED) is 0.317. The van der Waals surface area contributed by atoms with Gasteiger partial charge in [-0.1, -0.05) is 42.7 Å². The molecule has 0 bridgehead atoms. The zero-order valence-corrected chi connectivity index (χ0v) is 17.9. The van der Waals surface area contributed by atoms with E-state index in [9.17, 15) is 13.2 Å². The predicted octanol–water partition coefficient (Wildman–Crippen LogP) is 6.85. The Hall–Kier alpha value is -4.15. The highest BCUT2D eigenvalue weighted by molar-refractivity contribution is 5.84. The summed E-state index contributed by atoms with van der Waals surface area (Å²) in [6.45, 7) is 2.67. The summed E-state index contributed by atoms with van der Waals surface area (Å²) in [4.78, 5) is 0. The molecule has 0 fully saturated rings. The number of ether oxygens (including phenoxy) is 1. The second-order valence-electron chi connectivity index (χ2n) is 7.39. The van der Waals surface area contributed by atoms with Crippen molar-refractivity contribution in [2.45, 2.75) is 13.3 Å². The third-order valence-electron chi connectivity index (χ3n) is 4.85. The average Bonchev–Trinajstić information content (AvgIpc) is 2.81. The summed E-state index contributed by atoms with van der Waals surface area (Å²) >= 11 is 0. The summed E-state index contributed by atoms with van der Waals surface area (Å²) in [5, 5.41) is 1.52. The molecule has 0 heterocycles. The maximum absolute atomic E-state index is 14.5. The molecular formula is C29H19F3O. The van der Waals surface area contributed by atoms with Gasteiger partial charge < -0.3 is 4.74 Å². The van der Waals surface area contributed by atoms with Crippen LogP contribution in [0.2, 0.25) is 0 Å². The Labute approximate surface area is 190 Å². The molecule has 0 aromatic heterocycles. The molecule has 1 nitrogen and oxygen atoms in total. The number of rotatable bonds is 3. The van der Waals surface area contributed by atoms with E-state index in [4.69, 9.17) is 4.74 Å². The van der Waals surface area contributed by atoms with Gasteiger partial charge in [0.2, 0.25) is 0 Å². The van der Waals surface area contributed by atoms with Crippen molar-refractivity contribution in [2.24, 2.45) is 0 Å². The molecule has 4 heteroatoms. The van der Waals surface area contributed by atoms with Gasteiger partial charge in [-0.15, -0.1) is 0 Å². The topological polar surface area (TPSA) is 9.23 Å². The second-order valence-corrected chi connectivity index (χ2v) is 7.39. The lowest BCUT2D eigenvalue weighted by atomic mass is 10.1. The first-order valence-electron chi connectivity index (χ1n) is 10.5. The zero-order valence-electron chi connectivity index (χ0n) is 17.9. The molecule has 0 N–H and O–H groups in total. The molecule has 0 saturated carbocycles. The molecule has 162 valence electrons. The number of hydrogen-bond donors (Lipinski definition) is 0. The van der Waals surface area contributed by atoms with E-state index in [1.54, 1.807) is 36.4 Å². The summed E-state index contributed by atoms with van der Waals surface area (Å²) in [6.07, 6.45) is 0.919. The van der Waals surface area contributed by atoms with Gasteiger partial charge in [-0.05, 0) is 77.9 Å². The first-order chi connectivity index (χ1) is 16.0. The van der Waals surface area contributed by atoms with E-state index >= 15 is 0 Å². The molecule has 0 unspecified atom stereocenters. The molecule has 0 aliphatic heterocycles. The van der Waals surface area contributed by atoms with Crippen molar-refractivity contribution in [1.29, 1.82) is 0 Å². The predicted molar refractivity (Wildman–Crippen MR) is 124 cm³/mol. The van der Waals surface area contributed by atoms with Gasteiger partial charge in [-0.25, -0.2) is 13.2 Å². The largest absolute Gasteiger partial charge is 0.494 e. The van der Waals surface area contributed by atoms with Crippen molar-refractivity contribution in [3.05, 3.63) is 113 Å². The molecule has 0 amide bonds. The Morgan fingerprint density at radius 1 is 0.636 bits per heavy atom. The summed E-state index contributed by atoms with van der Waals surface area (Å²) in [6, 6.07) is 19.1. The molecule has 0 aliphatic rings. The molecule has 0 atom stereocenters. The van der Waals surface area contributed by atoms with Crippen LogP contribution in [-0.4, -0.2) is 6.61 Å². The van der Waals surface area contributed by atoms with Gasteiger partial charge in [0, 0.05) is 16.7 Å². The van der Waals surface area contributed by atoms with Crippen LogP contribution in [0, 0.1) is 41.1 Å². The van der Waals surface area contributed by atoms with Gasteiger partial charge in [0.15, 0.2) is 0 Å². The van der Waals surface area contributed by atoms with Gasteiger partial charge in [-0.3, -0.25) is 0 Å². The Morgan fingerprint density at radius 2 is 1.24 bits per heavy atom. The third-order valence-corrected chi connectivity index (χ3v) is 4.85. The van der Waals surface area contributed by atoms with Crippen LogP contribution in [0.4, 0.5) is 13.2 Å². The molecule has 0 radical (unpaired) electrons. The Kier molecular flexibility index (Phi) is 6.67. The lowest BCUT2D eigenvalue weighted by Gasteiger charge is -2.03. The second kappa shape index (κ2) is 9.98. The van der Waals surface area contributed by atoms with Crippen molar-refractivity contribution >= 4 is 10.8 Å². The molecule has 4 aromatic carbocycles. The van der Waals surface area contributed by atoms with Crippen LogP contribution in [0.25, 0.3) is 10.8 Å². The van der Waals surface area contributed by atoms with Gasteiger partial charge in [0.25, 0.3) is 0 Å². The van der Waals surface area contributed by atoms with E-state index in [0.717, 1.165) is 22.9 Å². The number of benzene rings is 4. The van der Waals surface area contributed by atoms with Crippen molar-refractivity contribution in [3.8, 4) is 29.4 Å². The highest BCUT2D eigenvalue weighted by Gasteiger charge is 2.08. The van der Waals surface area contributed by atoms with E-state index in [-0.39, 0.29) is 16.9 Å². The lowest BCUT2D eigenvalue weighted by molar-refractivity contribution is 0.317. The van der Waals surface area contributed by atoms with Crippen molar-refractivity contribution in [3.63, 3.8) is 0 Å². The molecule has 0 aliphatic carbocycles. The van der Waals surface area contributed by atoms with Crippen LogP contribution >= 0.6 is 0 Å². The molecule has 33 heavy (non-hydrogen) atoms. The van der Waals surface area contributed by atoms with Gasteiger partial charge in [0.05, 0.1) is 12.2 Å². The van der Waals surface area contributed by atoms with Gasteiger partial charge >= 0.3 is 0 Å². The summed E-state index contributed by atoms with van der Waals surface area (Å²) in [7, 11) is 0. The van der Waals surface area contributed by atoms with Gasteiger partial charge in [0.1, 0.15) is 23.2 Å².